The number of methoxy groups -OCH3 is 1. The molecule has 1 amide bonds. The van der Waals surface area contributed by atoms with Crippen LogP contribution in [-0.2, 0) is 9.53 Å². The first kappa shape index (κ1) is 18.0. The van der Waals surface area contributed by atoms with Gasteiger partial charge in [-0.25, -0.2) is 0 Å². The summed E-state index contributed by atoms with van der Waals surface area (Å²) in [6, 6.07) is 3.31. The molecule has 0 saturated carbocycles. The first-order chi connectivity index (χ1) is 11.5. The molecule has 0 aromatic heterocycles. The van der Waals surface area contributed by atoms with Crippen LogP contribution < -0.4 is 4.74 Å². The lowest BCUT2D eigenvalue weighted by Gasteiger charge is -2.18. The Bertz CT molecular complexity index is 718. The monoisotopic (exact) mass is 403 g/mol. The van der Waals surface area contributed by atoms with Gasteiger partial charge >= 0.3 is 0 Å². The smallest absolute Gasteiger partial charge is 0.266 e. The van der Waals surface area contributed by atoms with E-state index in [1.807, 2.05) is 0 Å². The van der Waals surface area contributed by atoms with Gasteiger partial charge in [0, 0.05) is 17.2 Å². The molecule has 0 N–H and O–H groups in total. The van der Waals surface area contributed by atoms with Gasteiger partial charge in [0.05, 0.1) is 29.7 Å². The molecule has 8 heteroatoms. The van der Waals surface area contributed by atoms with E-state index in [4.69, 9.17) is 44.9 Å². The van der Waals surface area contributed by atoms with Crippen molar-refractivity contribution >= 4 is 63.5 Å². The fourth-order valence-corrected chi connectivity index (χ4v) is 4.55. The van der Waals surface area contributed by atoms with Crippen LogP contribution in [0.5, 0.6) is 5.75 Å². The van der Waals surface area contributed by atoms with Crippen LogP contribution in [-0.4, -0.2) is 41.5 Å². The number of carbonyl (C=O) groups is 1. The highest BCUT2D eigenvalue weighted by atomic mass is 35.5. The molecule has 1 aromatic rings. The van der Waals surface area contributed by atoms with E-state index in [9.17, 15) is 4.79 Å². The minimum absolute atomic E-state index is 0.0574. The maximum Gasteiger partial charge on any atom is 0.266 e. The Morgan fingerprint density at radius 2 is 2.29 bits per heavy atom. The molecule has 3 rings (SSSR count). The van der Waals surface area contributed by atoms with Crippen LogP contribution in [0.1, 0.15) is 18.4 Å². The minimum Gasteiger partial charge on any atom is -0.495 e. The lowest BCUT2D eigenvalue weighted by Crippen LogP contribution is -2.35. The third-order valence-electron chi connectivity index (χ3n) is 3.81. The van der Waals surface area contributed by atoms with Gasteiger partial charge in [-0.3, -0.25) is 9.69 Å². The topological polar surface area (TPSA) is 38.8 Å². The van der Waals surface area contributed by atoms with E-state index in [2.05, 4.69) is 0 Å². The molecule has 2 heterocycles. The second-order valence-electron chi connectivity index (χ2n) is 5.44. The van der Waals surface area contributed by atoms with Crippen LogP contribution in [0, 0.1) is 0 Å². The molecular formula is C16H15Cl2NO3S2. The number of halogens is 2. The molecule has 128 valence electrons. The van der Waals surface area contributed by atoms with Crippen LogP contribution in [0.25, 0.3) is 6.08 Å². The number of rotatable bonds is 4. The molecule has 2 aliphatic rings. The third-order valence-corrected chi connectivity index (χ3v) is 5.69. The average Bonchev–Trinajstić information content (AvgIpc) is 3.11. The van der Waals surface area contributed by atoms with Gasteiger partial charge in [-0.15, -0.1) is 0 Å². The van der Waals surface area contributed by atoms with E-state index in [1.165, 1.54) is 18.9 Å². The zero-order valence-corrected chi connectivity index (χ0v) is 16.0. The summed E-state index contributed by atoms with van der Waals surface area (Å²) in [5.74, 6) is 0.351. The average molecular weight is 404 g/mol. The van der Waals surface area contributed by atoms with Gasteiger partial charge in [0.2, 0.25) is 0 Å². The molecule has 2 aliphatic heterocycles. The standard InChI is InChI=1S/C16H15Cl2NO3S2/c1-21-14-9(5-10(17)7-12(14)18)6-13-15(20)19(16(23)24-13)8-11-3-2-4-22-11/h5-7,11H,2-4,8H2,1H3/b13-6-/t11-/m0/s1. The number of amides is 1. The summed E-state index contributed by atoms with van der Waals surface area (Å²) in [7, 11) is 1.52. The van der Waals surface area contributed by atoms with Crippen molar-refractivity contribution in [2.24, 2.45) is 0 Å². The quantitative estimate of drug-likeness (QED) is 0.550. The third kappa shape index (κ3) is 3.73. The molecule has 2 saturated heterocycles. The summed E-state index contributed by atoms with van der Waals surface area (Å²) in [6.07, 6.45) is 3.74. The number of benzene rings is 1. The molecule has 0 unspecified atom stereocenters. The molecule has 0 spiro atoms. The van der Waals surface area contributed by atoms with E-state index in [0.29, 0.717) is 37.1 Å². The number of carbonyl (C=O) groups excluding carboxylic acids is 1. The number of hydrogen-bond donors (Lipinski definition) is 0. The highest BCUT2D eigenvalue weighted by molar-refractivity contribution is 8.26. The van der Waals surface area contributed by atoms with Gasteiger partial charge < -0.3 is 9.47 Å². The lowest BCUT2D eigenvalue weighted by atomic mass is 10.1. The van der Waals surface area contributed by atoms with E-state index < -0.39 is 0 Å². The van der Waals surface area contributed by atoms with Gasteiger partial charge in [-0.1, -0.05) is 47.2 Å². The molecule has 24 heavy (non-hydrogen) atoms. The molecule has 1 aromatic carbocycles. The van der Waals surface area contributed by atoms with Crippen LogP contribution in [0.2, 0.25) is 10.0 Å². The highest BCUT2D eigenvalue weighted by Crippen LogP contribution is 2.38. The van der Waals surface area contributed by atoms with E-state index in [-0.39, 0.29) is 12.0 Å². The Labute approximate surface area is 160 Å². The molecular weight excluding hydrogens is 389 g/mol. The van der Waals surface area contributed by atoms with Crippen molar-refractivity contribution in [3.8, 4) is 5.75 Å². The molecule has 0 aliphatic carbocycles. The zero-order chi connectivity index (χ0) is 17.3. The molecule has 0 radical (unpaired) electrons. The minimum atomic E-state index is -0.126. The molecule has 1 atom stereocenters. The summed E-state index contributed by atoms with van der Waals surface area (Å²) in [5, 5.41) is 0.868. The number of thiocarbonyl (C=S) groups is 1. The second kappa shape index (κ2) is 7.62. The predicted octanol–water partition coefficient (Wildman–Crippen LogP) is 4.38. The fourth-order valence-electron chi connectivity index (χ4n) is 2.69. The maximum atomic E-state index is 12.7. The largest absolute Gasteiger partial charge is 0.495 e. The number of hydrogen-bond acceptors (Lipinski definition) is 5. The van der Waals surface area contributed by atoms with E-state index >= 15 is 0 Å². The number of thioether (sulfide) groups is 1. The van der Waals surface area contributed by atoms with Crippen LogP contribution in [0.4, 0.5) is 0 Å². The highest BCUT2D eigenvalue weighted by Gasteiger charge is 2.34. The van der Waals surface area contributed by atoms with Crippen molar-refractivity contribution in [2.45, 2.75) is 18.9 Å². The van der Waals surface area contributed by atoms with Gasteiger partial charge in [0.25, 0.3) is 5.91 Å². The zero-order valence-electron chi connectivity index (χ0n) is 12.9. The lowest BCUT2D eigenvalue weighted by molar-refractivity contribution is -0.123. The Balaban J connectivity index is 1.86. The van der Waals surface area contributed by atoms with Gasteiger partial charge in [0.15, 0.2) is 0 Å². The first-order valence-corrected chi connectivity index (χ1v) is 9.37. The normalized spacial score (nSPS) is 22.7. The van der Waals surface area contributed by atoms with Crippen molar-refractivity contribution in [3.05, 3.63) is 32.6 Å². The number of ether oxygens (including phenoxy) is 2. The van der Waals surface area contributed by atoms with Crippen LogP contribution in [0.3, 0.4) is 0 Å². The van der Waals surface area contributed by atoms with Gasteiger partial charge in [-0.2, -0.15) is 0 Å². The second-order valence-corrected chi connectivity index (χ2v) is 7.96. The van der Waals surface area contributed by atoms with Gasteiger partial charge in [-0.05, 0) is 31.1 Å². The summed E-state index contributed by atoms with van der Waals surface area (Å²) < 4.78 is 11.4. The predicted molar refractivity (Wildman–Crippen MR) is 102 cm³/mol. The van der Waals surface area contributed by atoms with Crippen LogP contribution in [0.15, 0.2) is 17.0 Å². The summed E-state index contributed by atoms with van der Waals surface area (Å²) in [4.78, 5) is 14.8. The Kier molecular flexibility index (Phi) is 5.72. The van der Waals surface area contributed by atoms with Crippen molar-refractivity contribution in [3.63, 3.8) is 0 Å². The van der Waals surface area contributed by atoms with E-state index in [1.54, 1.807) is 23.1 Å². The summed E-state index contributed by atoms with van der Waals surface area (Å²) >= 11 is 18.8. The van der Waals surface area contributed by atoms with E-state index in [0.717, 1.165) is 19.4 Å². The first-order valence-electron chi connectivity index (χ1n) is 7.39. The van der Waals surface area contributed by atoms with Crippen molar-refractivity contribution < 1.29 is 14.3 Å². The Hall–Kier alpha value is -0.790. The Morgan fingerprint density at radius 3 is 2.96 bits per heavy atom. The molecule has 2 fully saturated rings. The molecule has 4 nitrogen and oxygen atoms in total. The maximum absolute atomic E-state index is 12.7. The Morgan fingerprint density at radius 1 is 1.50 bits per heavy atom. The van der Waals surface area contributed by atoms with Crippen LogP contribution >= 0.6 is 47.2 Å². The van der Waals surface area contributed by atoms with Crippen molar-refractivity contribution in [1.82, 2.24) is 4.90 Å². The number of nitrogens with zero attached hydrogens (tertiary/aromatic N) is 1. The van der Waals surface area contributed by atoms with Gasteiger partial charge in [0.1, 0.15) is 10.1 Å². The SMILES string of the molecule is COc1c(Cl)cc(Cl)cc1/C=C1\SC(=S)N(C[C@@H]2CCCO2)C1=O. The summed E-state index contributed by atoms with van der Waals surface area (Å²) in [6.45, 7) is 1.24. The fraction of sp³-hybridized carbons (Fsp3) is 0.375. The van der Waals surface area contributed by atoms with Crippen molar-refractivity contribution in [1.29, 1.82) is 0 Å². The van der Waals surface area contributed by atoms with Crippen molar-refractivity contribution in [2.75, 3.05) is 20.3 Å². The summed E-state index contributed by atoms with van der Waals surface area (Å²) in [5.41, 5.74) is 0.646. The molecule has 0 bridgehead atoms.